The van der Waals surface area contributed by atoms with E-state index in [9.17, 15) is 13.6 Å². The minimum absolute atomic E-state index is 0.0728. The zero-order chi connectivity index (χ0) is 22.4. The quantitative estimate of drug-likeness (QED) is 0.528. The monoisotopic (exact) mass is 434 g/mol. The molecule has 164 valence electrons. The number of nitrogens with zero attached hydrogens (tertiary/aromatic N) is 3. The van der Waals surface area contributed by atoms with Crippen LogP contribution in [0.25, 0.3) is 21.8 Å². The lowest BCUT2D eigenvalue weighted by Crippen LogP contribution is -2.41. The molecular weight excluding hydrogens is 410 g/mol. The maximum Gasteiger partial charge on any atom is 0.237 e. The number of aromatic amines is 1. The van der Waals surface area contributed by atoms with E-state index in [0.717, 1.165) is 51.2 Å². The molecule has 0 saturated carbocycles. The number of fused-ring (bicyclic) bond motifs is 5. The summed E-state index contributed by atoms with van der Waals surface area (Å²) in [5.41, 5.74) is 5.37. The van der Waals surface area contributed by atoms with Gasteiger partial charge in [-0.15, -0.1) is 0 Å². The third kappa shape index (κ3) is 3.62. The lowest BCUT2D eigenvalue weighted by molar-refractivity contribution is -0.132. The number of pyridine rings is 1. The molecule has 2 aromatic heterocycles. The van der Waals surface area contributed by atoms with Gasteiger partial charge in [0.2, 0.25) is 5.91 Å². The van der Waals surface area contributed by atoms with Crippen LogP contribution in [0.5, 0.6) is 0 Å². The Labute approximate surface area is 184 Å². The van der Waals surface area contributed by atoms with Crippen molar-refractivity contribution >= 4 is 27.7 Å². The van der Waals surface area contributed by atoms with Gasteiger partial charge in [-0.2, -0.15) is 0 Å². The molecule has 0 saturated heterocycles. The average molecular weight is 434 g/mol. The van der Waals surface area contributed by atoms with Crippen molar-refractivity contribution in [3.8, 4) is 0 Å². The molecule has 2 aromatic carbocycles. The molecule has 0 bridgehead atoms. The topological polar surface area (TPSA) is 52.2 Å². The van der Waals surface area contributed by atoms with Gasteiger partial charge in [0.25, 0.3) is 0 Å². The Morgan fingerprint density at radius 3 is 2.75 bits per heavy atom. The van der Waals surface area contributed by atoms with Gasteiger partial charge in [0.15, 0.2) is 11.6 Å². The number of H-pyrrole nitrogens is 1. The van der Waals surface area contributed by atoms with Crippen LogP contribution in [0.15, 0.2) is 42.5 Å². The first-order valence-electron chi connectivity index (χ1n) is 10.7. The highest BCUT2D eigenvalue weighted by atomic mass is 19.2. The number of rotatable bonds is 4. The molecular formula is C25H24F2N4O. The molecule has 1 amide bonds. The zero-order valence-corrected chi connectivity index (χ0v) is 18.1. The van der Waals surface area contributed by atoms with Crippen molar-refractivity contribution in [2.45, 2.75) is 19.4 Å². The van der Waals surface area contributed by atoms with Gasteiger partial charge in [-0.1, -0.05) is 24.3 Å². The first kappa shape index (κ1) is 20.6. The number of amides is 1. The number of benzene rings is 2. The molecule has 5 rings (SSSR count). The molecule has 7 heteroatoms. The van der Waals surface area contributed by atoms with E-state index in [1.807, 2.05) is 42.1 Å². The summed E-state index contributed by atoms with van der Waals surface area (Å²) in [6.07, 6.45) is 1.09. The number of hydrogen-bond acceptors (Lipinski definition) is 3. The van der Waals surface area contributed by atoms with Crippen molar-refractivity contribution in [3.63, 3.8) is 0 Å². The molecule has 1 N–H and O–H groups in total. The number of aromatic nitrogens is 2. The smallest absolute Gasteiger partial charge is 0.237 e. The molecule has 1 aliphatic rings. The number of para-hydroxylation sites is 1. The van der Waals surface area contributed by atoms with Crippen molar-refractivity contribution in [3.05, 3.63) is 76.6 Å². The van der Waals surface area contributed by atoms with E-state index >= 15 is 0 Å². The van der Waals surface area contributed by atoms with Crippen molar-refractivity contribution < 1.29 is 13.6 Å². The number of halogens is 2. The minimum Gasteiger partial charge on any atom is -0.353 e. The maximum absolute atomic E-state index is 13.8. The molecule has 4 aromatic rings. The fraction of sp³-hybridized carbons (Fsp3) is 0.280. The van der Waals surface area contributed by atoms with E-state index in [1.54, 1.807) is 6.07 Å². The van der Waals surface area contributed by atoms with E-state index in [0.29, 0.717) is 31.6 Å². The molecule has 5 nitrogen and oxygen atoms in total. The normalized spacial score (nSPS) is 13.8. The summed E-state index contributed by atoms with van der Waals surface area (Å²) in [6.45, 7) is 1.45. The number of hydrogen-bond donors (Lipinski definition) is 1. The predicted octanol–water partition coefficient (Wildman–Crippen LogP) is 4.03. The van der Waals surface area contributed by atoms with Crippen LogP contribution < -0.4 is 0 Å². The summed E-state index contributed by atoms with van der Waals surface area (Å²) < 4.78 is 27.3. The largest absolute Gasteiger partial charge is 0.353 e. The minimum atomic E-state index is -0.867. The average Bonchev–Trinajstić information content (AvgIpc) is 3.16. The summed E-state index contributed by atoms with van der Waals surface area (Å²) in [7, 11) is 3.76. The van der Waals surface area contributed by atoms with Gasteiger partial charge in [-0.25, -0.2) is 8.78 Å². The van der Waals surface area contributed by atoms with Gasteiger partial charge in [-0.05, 0) is 49.8 Å². The van der Waals surface area contributed by atoms with Crippen LogP contribution in [-0.4, -0.2) is 52.9 Å². The zero-order valence-electron chi connectivity index (χ0n) is 18.1. The summed E-state index contributed by atoms with van der Waals surface area (Å²) in [6, 6.07) is 12.0. The fourth-order valence-corrected chi connectivity index (χ4v) is 4.56. The van der Waals surface area contributed by atoms with Crippen LogP contribution in [0.4, 0.5) is 8.78 Å². The Balaban J connectivity index is 1.63. The Morgan fingerprint density at radius 2 is 1.97 bits per heavy atom. The van der Waals surface area contributed by atoms with Crippen LogP contribution in [0.1, 0.15) is 22.5 Å². The number of carbonyl (C=O) groups excluding carboxylic acids is 1. The molecule has 0 fully saturated rings. The molecule has 0 spiro atoms. The van der Waals surface area contributed by atoms with Crippen LogP contribution in [-0.2, 0) is 24.2 Å². The van der Waals surface area contributed by atoms with E-state index < -0.39 is 11.6 Å². The maximum atomic E-state index is 13.8. The van der Waals surface area contributed by atoms with Crippen molar-refractivity contribution in [2.75, 3.05) is 27.2 Å². The van der Waals surface area contributed by atoms with Gasteiger partial charge >= 0.3 is 0 Å². The molecule has 0 radical (unpaired) electrons. The van der Waals surface area contributed by atoms with E-state index in [-0.39, 0.29) is 5.91 Å². The van der Waals surface area contributed by atoms with Gasteiger partial charge in [-0.3, -0.25) is 9.78 Å². The highest BCUT2D eigenvalue weighted by Crippen LogP contribution is 2.35. The Hall–Kier alpha value is -3.32. The second kappa shape index (κ2) is 7.98. The summed E-state index contributed by atoms with van der Waals surface area (Å²) in [4.78, 5) is 24.8. The predicted molar refractivity (Wildman–Crippen MR) is 120 cm³/mol. The van der Waals surface area contributed by atoms with Crippen molar-refractivity contribution in [1.29, 1.82) is 0 Å². The van der Waals surface area contributed by atoms with Gasteiger partial charge in [0.05, 0.1) is 30.0 Å². The summed E-state index contributed by atoms with van der Waals surface area (Å²) >= 11 is 0. The van der Waals surface area contributed by atoms with Crippen molar-refractivity contribution in [2.24, 2.45) is 0 Å². The molecule has 0 aliphatic carbocycles. The van der Waals surface area contributed by atoms with Crippen molar-refractivity contribution in [1.82, 2.24) is 19.8 Å². The highest BCUT2D eigenvalue weighted by Gasteiger charge is 2.26. The van der Waals surface area contributed by atoms with E-state index in [2.05, 4.69) is 11.1 Å². The number of likely N-dealkylation sites (N-methyl/N-ethyl adjacent to an activating group) is 1. The lowest BCUT2D eigenvalue weighted by Gasteiger charge is -2.30. The Bertz CT molecular complexity index is 1350. The van der Waals surface area contributed by atoms with Gasteiger partial charge in [0, 0.05) is 29.3 Å². The SMILES string of the molecule is CN(C)CC(=O)N1CCc2c(nc(Cc3ccc(F)c(F)c3)c3[nH]c4ccccc4c23)C1. The molecule has 3 heterocycles. The first-order chi connectivity index (χ1) is 15.4. The van der Waals surface area contributed by atoms with Gasteiger partial charge in [0.1, 0.15) is 0 Å². The second-order valence-corrected chi connectivity index (χ2v) is 8.63. The van der Waals surface area contributed by atoms with E-state index in [1.165, 1.54) is 6.07 Å². The molecule has 0 atom stereocenters. The second-order valence-electron chi connectivity index (χ2n) is 8.63. The standard InChI is InChI=1S/C25H24F2N4O/c1-30(2)14-23(32)31-10-9-17-22(13-31)28-21(12-15-7-8-18(26)19(27)11-15)25-24(17)16-5-3-4-6-20(16)29-25/h3-8,11,29H,9-10,12-14H2,1-2H3. The lowest BCUT2D eigenvalue weighted by atomic mass is 9.96. The third-order valence-electron chi connectivity index (χ3n) is 6.05. The fourth-order valence-electron chi connectivity index (χ4n) is 4.56. The summed E-state index contributed by atoms with van der Waals surface area (Å²) in [5.74, 6) is -1.66. The van der Waals surface area contributed by atoms with E-state index in [4.69, 9.17) is 4.98 Å². The van der Waals surface area contributed by atoms with Crippen LogP contribution in [0.2, 0.25) is 0 Å². The highest BCUT2D eigenvalue weighted by molar-refractivity contribution is 6.10. The molecule has 1 aliphatic heterocycles. The molecule has 0 unspecified atom stereocenters. The van der Waals surface area contributed by atoms with Gasteiger partial charge < -0.3 is 14.8 Å². The molecule has 32 heavy (non-hydrogen) atoms. The van der Waals surface area contributed by atoms with Crippen LogP contribution in [0.3, 0.4) is 0 Å². The summed E-state index contributed by atoms with van der Waals surface area (Å²) in [5, 5.41) is 2.23. The number of carbonyl (C=O) groups is 1. The Morgan fingerprint density at radius 1 is 1.16 bits per heavy atom. The number of nitrogens with one attached hydrogen (secondary N) is 1. The first-order valence-corrected chi connectivity index (χ1v) is 10.7. The van der Waals surface area contributed by atoms with Crippen LogP contribution >= 0.6 is 0 Å². The van der Waals surface area contributed by atoms with Crippen LogP contribution in [0, 0.1) is 11.6 Å². The third-order valence-corrected chi connectivity index (χ3v) is 6.05. The Kier molecular flexibility index (Phi) is 5.13.